The smallest absolute Gasteiger partial charge is 0.106 e. The Morgan fingerprint density at radius 1 is 1.27 bits per heavy atom. The molecule has 2 atom stereocenters. The molecule has 64 valence electrons. The van der Waals surface area contributed by atoms with Crippen LogP contribution < -0.4 is 5.32 Å². The molecule has 3 heteroatoms. The second kappa shape index (κ2) is 2.73. The van der Waals surface area contributed by atoms with Gasteiger partial charge in [-0.15, -0.1) is 0 Å². The molecule has 1 aliphatic carbocycles. The summed E-state index contributed by atoms with van der Waals surface area (Å²) in [4.78, 5) is 2.36. The van der Waals surface area contributed by atoms with E-state index in [1.807, 2.05) is 0 Å². The zero-order valence-electron chi connectivity index (χ0n) is 6.95. The zero-order valence-corrected chi connectivity index (χ0v) is 6.95. The number of nitrogens with zero attached hydrogens (tertiary/aromatic N) is 1. The molecule has 2 N–H and O–H groups in total. The number of rotatable bonds is 2. The molecule has 0 aromatic rings. The number of hydrogen-bond donors (Lipinski definition) is 2. The molecule has 3 nitrogen and oxygen atoms in total. The van der Waals surface area contributed by atoms with Crippen molar-refractivity contribution < 1.29 is 5.11 Å². The minimum absolute atomic E-state index is 0.263. The van der Waals surface area contributed by atoms with E-state index in [2.05, 4.69) is 17.3 Å². The van der Waals surface area contributed by atoms with Crippen LogP contribution in [0.15, 0.2) is 0 Å². The Kier molecular flexibility index (Phi) is 1.87. The van der Waals surface area contributed by atoms with E-state index in [4.69, 9.17) is 0 Å². The first-order valence-corrected chi connectivity index (χ1v) is 4.43. The van der Waals surface area contributed by atoms with Crippen molar-refractivity contribution in [2.75, 3.05) is 7.05 Å². The summed E-state index contributed by atoms with van der Waals surface area (Å²) in [5.41, 5.74) is 0. The second-order valence-corrected chi connectivity index (χ2v) is 3.67. The molecular formula is C8H16N2O. The molecule has 2 rings (SSSR count). The number of nitrogens with one attached hydrogen (secondary N) is 1. The summed E-state index contributed by atoms with van der Waals surface area (Å²) < 4.78 is 0. The Morgan fingerprint density at radius 2 is 2.00 bits per heavy atom. The van der Waals surface area contributed by atoms with E-state index in [-0.39, 0.29) is 6.23 Å². The first kappa shape index (κ1) is 7.53. The molecule has 1 saturated heterocycles. The second-order valence-electron chi connectivity index (χ2n) is 3.67. The van der Waals surface area contributed by atoms with Gasteiger partial charge >= 0.3 is 0 Å². The van der Waals surface area contributed by atoms with Crippen molar-refractivity contribution in [3.05, 3.63) is 0 Å². The lowest BCUT2D eigenvalue weighted by atomic mass is 10.3. The minimum atomic E-state index is -0.263. The average Bonchev–Trinajstić information content (AvgIpc) is 2.74. The van der Waals surface area contributed by atoms with Crippen LogP contribution in [0.4, 0.5) is 0 Å². The molecule has 2 unspecified atom stereocenters. The van der Waals surface area contributed by atoms with E-state index in [1.54, 1.807) is 0 Å². The Hall–Kier alpha value is -0.120. The lowest BCUT2D eigenvalue weighted by Gasteiger charge is -2.24. The predicted molar refractivity (Wildman–Crippen MR) is 42.9 cm³/mol. The maximum absolute atomic E-state index is 9.21. The summed E-state index contributed by atoms with van der Waals surface area (Å²) in [6, 6.07) is 0.790. The van der Waals surface area contributed by atoms with Gasteiger partial charge in [0.25, 0.3) is 0 Å². The van der Waals surface area contributed by atoms with Gasteiger partial charge in [-0.25, -0.2) is 0 Å². The number of aliphatic hydroxyl groups is 1. The van der Waals surface area contributed by atoms with E-state index in [9.17, 15) is 5.11 Å². The van der Waals surface area contributed by atoms with Crippen LogP contribution in [0.1, 0.15) is 25.7 Å². The maximum atomic E-state index is 9.21. The van der Waals surface area contributed by atoms with Crippen molar-refractivity contribution >= 4 is 0 Å². The highest BCUT2D eigenvalue weighted by Crippen LogP contribution is 2.29. The maximum Gasteiger partial charge on any atom is 0.106 e. The Labute approximate surface area is 67.4 Å². The Bertz CT molecular complexity index is 147. The summed E-state index contributed by atoms with van der Waals surface area (Å²) in [5, 5.41) is 12.4. The van der Waals surface area contributed by atoms with E-state index < -0.39 is 0 Å². The third-order valence-electron chi connectivity index (χ3n) is 2.71. The molecule has 0 aromatic heterocycles. The summed E-state index contributed by atoms with van der Waals surface area (Å²) in [6.07, 6.45) is 4.84. The van der Waals surface area contributed by atoms with Crippen LogP contribution in [-0.4, -0.2) is 35.5 Å². The monoisotopic (exact) mass is 156 g/mol. The van der Waals surface area contributed by atoms with Gasteiger partial charge in [-0.1, -0.05) is 0 Å². The molecular weight excluding hydrogens is 140 g/mol. The van der Waals surface area contributed by atoms with Crippen molar-refractivity contribution in [3.8, 4) is 0 Å². The normalized spacial score (nSPS) is 38.5. The lowest BCUT2D eigenvalue weighted by molar-refractivity contribution is 0.125. The first-order chi connectivity index (χ1) is 5.27. The van der Waals surface area contributed by atoms with Crippen molar-refractivity contribution in [3.63, 3.8) is 0 Å². The fraction of sp³-hybridized carbons (Fsp3) is 1.00. The fourth-order valence-corrected chi connectivity index (χ4v) is 1.76. The summed E-state index contributed by atoms with van der Waals surface area (Å²) in [5.74, 6) is 0. The highest BCUT2D eigenvalue weighted by molar-refractivity contribution is 4.88. The molecule has 0 radical (unpaired) electrons. The van der Waals surface area contributed by atoms with Crippen molar-refractivity contribution in [2.45, 2.75) is 44.1 Å². The van der Waals surface area contributed by atoms with Gasteiger partial charge in [0.15, 0.2) is 0 Å². The van der Waals surface area contributed by atoms with Crippen molar-refractivity contribution in [1.29, 1.82) is 0 Å². The van der Waals surface area contributed by atoms with Gasteiger partial charge in [0, 0.05) is 6.04 Å². The third-order valence-corrected chi connectivity index (χ3v) is 2.71. The van der Waals surface area contributed by atoms with Gasteiger partial charge in [0.2, 0.25) is 0 Å². The molecule has 1 heterocycles. The summed E-state index contributed by atoms with van der Waals surface area (Å²) in [6.45, 7) is 0. The first-order valence-electron chi connectivity index (χ1n) is 4.43. The molecule has 0 spiro atoms. The van der Waals surface area contributed by atoms with Gasteiger partial charge in [-0.3, -0.25) is 10.2 Å². The lowest BCUT2D eigenvalue weighted by Crippen LogP contribution is -2.42. The fourth-order valence-electron chi connectivity index (χ4n) is 1.76. The molecule has 0 amide bonds. The molecule has 2 aliphatic rings. The van der Waals surface area contributed by atoms with Gasteiger partial charge in [0.05, 0.1) is 6.17 Å². The predicted octanol–water partition coefficient (Wildman–Crippen LogP) is 0.108. The highest BCUT2D eigenvalue weighted by atomic mass is 16.3. The van der Waals surface area contributed by atoms with Crippen LogP contribution >= 0.6 is 0 Å². The number of aliphatic hydroxyl groups excluding tert-OH is 1. The SMILES string of the molecule is CN(C1CC1)C1CCC(O)N1. The molecule has 0 bridgehead atoms. The van der Waals surface area contributed by atoms with E-state index in [0.29, 0.717) is 6.17 Å². The minimum Gasteiger partial charge on any atom is -0.379 e. The van der Waals surface area contributed by atoms with Crippen LogP contribution in [0.3, 0.4) is 0 Å². The average molecular weight is 156 g/mol. The largest absolute Gasteiger partial charge is 0.379 e. The highest BCUT2D eigenvalue weighted by Gasteiger charge is 2.34. The van der Waals surface area contributed by atoms with Crippen LogP contribution in [-0.2, 0) is 0 Å². The summed E-state index contributed by atoms with van der Waals surface area (Å²) >= 11 is 0. The van der Waals surface area contributed by atoms with Crippen LogP contribution in [0.2, 0.25) is 0 Å². The molecule has 1 saturated carbocycles. The molecule has 1 aliphatic heterocycles. The Balaban J connectivity index is 1.84. The number of hydrogen-bond acceptors (Lipinski definition) is 3. The topological polar surface area (TPSA) is 35.5 Å². The standard InChI is InChI=1S/C8H16N2O/c1-10(6-2-3-6)7-4-5-8(11)9-7/h6-9,11H,2-5H2,1H3. The van der Waals surface area contributed by atoms with E-state index in [1.165, 1.54) is 12.8 Å². The van der Waals surface area contributed by atoms with Crippen LogP contribution in [0.25, 0.3) is 0 Å². The Morgan fingerprint density at radius 3 is 2.45 bits per heavy atom. The van der Waals surface area contributed by atoms with E-state index in [0.717, 1.165) is 18.9 Å². The molecule has 11 heavy (non-hydrogen) atoms. The third kappa shape index (κ3) is 1.55. The van der Waals surface area contributed by atoms with Gasteiger partial charge in [-0.2, -0.15) is 0 Å². The molecule has 2 fully saturated rings. The van der Waals surface area contributed by atoms with Crippen molar-refractivity contribution in [2.24, 2.45) is 0 Å². The quantitative estimate of drug-likeness (QED) is 0.595. The van der Waals surface area contributed by atoms with Crippen LogP contribution in [0.5, 0.6) is 0 Å². The molecule has 0 aromatic carbocycles. The zero-order chi connectivity index (χ0) is 7.84. The van der Waals surface area contributed by atoms with Gasteiger partial charge in [0.1, 0.15) is 6.23 Å². The van der Waals surface area contributed by atoms with Crippen molar-refractivity contribution in [1.82, 2.24) is 10.2 Å². The van der Waals surface area contributed by atoms with Gasteiger partial charge < -0.3 is 5.11 Å². The van der Waals surface area contributed by atoms with Gasteiger partial charge in [-0.05, 0) is 32.7 Å². The van der Waals surface area contributed by atoms with E-state index >= 15 is 0 Å². The summed E-state index contributed by atoms with van der Waals surface area (Å²) in [7, 11) is 2.15. The van der Waals surface area contributed by atoms with Crippen LogP contribution in [0, 0.1) is 0 Å².